The number of alkyl halides is 3. The summed E-state index contributed by atoms with van der Waals surface area (Å²) in [5.41, 5.74) is -0.280. The van der Waals surface area contributed by atoms with E-state index in [0.29, 0.717) is 24.3 Å². The maximum absolute atomic E-state index is 13.3. The number of amides is 2. The van der Waals surface area contributed by atoms with E-state index in [4.69, 9.17) is 4.74 Å². The molecule has 2 atom stereocenters. The molecule has 2 heterocycles. The van der Waals surface area contributed by atoms with Crippen molar-refractivity contribution in [2.75, 3.05) is 11.4 Å². The molecule has 0 saturated carbocycles. The largest absolute Gasteiger partial charge is 0.444 e. The molecule has 0 spiro atoms. The summed E-state index contributed by atoms with van der Waals surface area (Å²) in [6.45, 7) is 7.16. The average molecular weight is 449 g/mol. The molecule has 1 aromatic heterocycles. The number of pyridine rings is 1. The Morgan fingerprint density at radius 1 is 1.12 bits per heavy atom. The third-order valence-electron chi connectivity index (χ3n) is 5.15. The van der Waals surface area contributed by atoms with Gasteiger partial charge in [0.15, 0.2) is 0 Å². The van der Waals surface area contributed by atoms with Gasteiger partial charge in [0.2, 0.25) is 5.91 Å². The zero-order valence-corrected chi connectivity index (χ0v) is 18.4. The maximum atomic E-state index is 13.3. The predicted octanol–water partition coefficient (Wildman–Crippen LogP) is 4.89. The van der Waals surface area contributed by atoms with Crippen LogP contribution in [-0.4, -0.2) is 29.1 Å². The third-order valence-corrected chi connectivity index (χ3v) is 5.15. The van der Waals surface area contributed by atoms with Crippen molar-refractivity contribution in [2.45, 2.75) is 51.9 Å². The number of fused-ring (bicyclic) bond motifs is 1. The molecule has 0 aliphatic carbocycles. The first-order valence-corrected chi connectivity index (χ1v) is 10.3. The zero-order chi connectivity index (χ0) is 23.7. The lowest BCUT2D eigenvalue weighted by molar-refractivity contribution is -0.137. The molecule has 172 valence electrons. The van der Waals surface area contributed by atoms with Crippen molar-refractivity contribution in [3.05, 3.63) is 59.3 Å². The summed E-state index contributed by atoms with van der Waals surface area (Å²) in [6.07, 6.45) is -2.99. The highest BCUT2D eigenvalue weighted by atomic mass is 19.4. The molecule has 1 aliphatic rings. The van der Waals surface area contributed by atoms with E-state index in [9.17, 15) is 22.8 Å². The van der Waals surface area contributed by atoms with Crippen molar-refractivity contribution in [1.82, 2.24) is 10.3 Å². The van der Waals surface area contributed by atoms with E-state index in [1.807, 2.05) is 6.07 Å². The lowest BCUT2D eigenvalue weighted by Gasteiger charge is -2.29. The molecule has 9 heteroatoms. The summed E-state index contributed by atoms with van der Waals surface area (Å²) in [5, 5.41) is 2.67. The summed E-state index contributed by atoms with van der Waals surface area (Å²) in [6, 6.07) is 7.20. The Balaban J connectivity index is 1.89. The molecule has 2 amide bonds. The van der Waals surface area contributed by atoms with Crippen molar-refractivity contribution in [3.8, 4) is 0 Å². The molecule has 32 heavy (non-hydrogen) atoms. The number of halogens is 3. The number of alkyl carbamates (subject to hydrolysis) is 1. The molecule has 1 aliphatic heterocycles. The fourth-order valence-corrected chi connectivity index (χ4v) is 3.62. The van der Waals surface area contributed by atoms with Gasteiger partial charge in [-0.15, -0.1) is 0 Å². The number of nitrogens with zero attached hydrogens (tertiary/aromatic N) is 2. The molecular weight excluding hydrogens is 423 g/mol. The van der Waals surface area contributed by atoms with E-state index in [1.54, 1.807) is 44.9 Å². The number of rotatable bonds is 4. The van der Waals surface area contributed by atoms with Crippen LogP contribution in [0.1, 0.15) is 50.4 Å². The van der Waals surface area contributed by atoms with Crippen LogP contribution in [0.3, 0.4) is 0 Å². The van der Waals surface area contributed by atoms with Crippen molar-refractivity contribution in [3.63, 3.8) is 0 Å². The number of hydrogen-bond donors (Lipinski definition) is 1. The molecule has 0 unspecified atom stereocenters. The summed E-state index contributed by atoms with van der Waals surface area (Å²) >= 11 is 0. The molecule has 0 fully saturated rings. The molecular formula is C23H26F3N3O3. The Bertz CT molecular complexity index is 984. The molecule has 2 aromatic rings. The Morgan fingerprint density at radius 3 is 2.38 bits per heavy atom. The van der Waals surface area contributed by atoms with E-state index >= 15 is 0 Å². The Hall–Kier alpha value is -3.10. The van der Waals surface area contributed by atoms with Crippen LogP contribution in [0.4, 0.5) is 23.8 Å². The number of ether oxygens (including phenoxy) is 1. The van der Waals surface area contributed by atoms with E-state index in [-0.39, 0.29) is 5.91 Å². The highest BCUT2D eigenvalue weighted by Crippen LogP contribution is 2.33. The molecule has 0 bridgehead atoms. The lowest BCUT2D eigenvalue weighted by Crippen LogP contribution is -2.43. The quantitative estimate of drug-likeness (QED) is 0.721. The van der Waals surface area contributed by atoms with Crippen LogP contribution >= 0.6 is 0 Å². The highest BCUT2D eigenvalue weighted by Gasteiger charge is 2.36. The van der Waals surface area contributed by atoms with Gasteiger partial charge in [-0.2, -0.15) is 13.2 Å². The van der Waals surface area contributed by atoms with Gasteiger partial charge in [0, 0.05) is 12.7 Å². The standard InChI is InChI=1S/C23H26F3N3O3/c1-14(20(30)29-13-11-16-6-5-12-27-19(16)29)18(28-21(31)32-22(2,3)4)15-7-9-17(10-8-15)23(24,25)26/h5-10,12,14,18H,11,13H2,1-4H3,(H,28,31)/t14-,18-/m1/s1. The van der Waals surface area contributed by atoms with Crippen molar-refractivity contribution >= 4 is 17.8 Å². The number of aromatic nitrogens is 1. The summed E-state index contributed by atoms with van der Waals surface area (Å²) in [4.78, 5) is 31.6. The van der Waals surface area contributed by atoms with Crippen LogP contribution in [0.15, 0.2) is 42.6 Å². The fourth-order valence-electron chi connectivity index (χ4n) is 3.62. The maximum Gasteiger partial charge on any atom is 0.416 e. The summed E-state index contributed by atoms with van der Waals surface area (Å²) < 4.78 is 44.3. The summed E-state index contributed by atoms with van der Waals surface area (Å²) in [5.74, 6) is -0.511. The minimum Gasteiger partial charge on any atom is -0.444 e. The normalized spacial score (nSPS) is 15.7. The number of hydrogen-bond acceptors (Lipinski definition) is 4. The van der Waals surface area contributed by atoms with Gasteiger partial charge >= 0.3 is 12.3 Å². The predicted molar refractivity (Wildman–Crippen MR) is 113 cm³/mol. The SMILES string of the molecule is C[C@@H](C(=O)N1CCc2cccnc21)[C@@H](NC(=O)OC(C)(C)C)c1ccc(C(F)(F)F)cc1. The van der Waals surface area contributed by atoms with Gasteiger partial charge in [0.25, 0.3) is 0 Å². The van der Waals surface area contributed by atoms with E-state index < -0.39 is 35.4 Å². The van der Waals surface area contributed by atoms with Crippen molar-refractivity contribution < 1.29 is 27.5 Å². The topological polar surface area (TPSA) is 71.5 Å². The van der Waals surface area contributed by atoms with Crippen molar-refractivity contribution in [2.24, 2.45) is 5.92 Å². The van der Waals surface area contributed by atoms with Gasteiger partial charge in [-0.3, -0.25) is 9.69 Å². The highest BCUT2D eigenvalue weighted by molar-refractivity contribution is 5.96. The lowest BCUT2D eigenvalue weighted by atomic mass is 9.92. The van der Waals surface area contributed by atoms with Gasteiger partial charge in [-0.05, 0) is 56.5 Å². The number of nitrogens with one attached hydrogen (secondary N) is 1. The Labute approximate surface area is 184 Å². The smallest absolute Gasteiger partial charge is 0.416 e. The molecule has 1 aromatic carbocycles. The second-order valence-electron chi connectivity index (χ2n) is 8.76. The van der Waals surface area contributed by atoms with E-state index in [2.05, 4.69) is 10.3 Å². The number of carbonyl (C=O) groups is 2. The molecule has 6 nitrogen and oxygen atoms in total. The van der Waals surface area contributed by atoms with E-state index in [1.165, 1.54) is 12.1 Å². The van der Waals surface area contributed by atoms with Gasteiger partial charge < -0.3 is 10.1 Å². The van der Waals surface area contributed by atoms with Crippen LogP contribution in [0.5, 0.6) is 0 Å². The van der Waals surface area contributed by atoms with Gasteiger partial charge in [-0.25, -0.2) is 9.78 Å². The van der Waals surface area contributed by atoms with Crippen molar-refractivity contribution in [1.29, 1.82) is 0 Å². The monoisotopic (exact) mass is 449 g/mol. The summed E-state index contributed by atoms with van der Waals surface area (Å²) in [7, 11) is 0. The number of benzene rings is 1. The minimum atomic E-state index is -4.49. The second-order valence-corrected chi connectivity index (χ2v) is 8.76. The van der Waals surface area contributed by atoms with Crippen LogP contribution in [0, 0.1) is 5.92 Å². The Kier molecular flexibility index (Phi) is 6.48. The molecule has 0 saturated heterocycles. The van der Waals surface area contributed by atoms with E-state index in [0.717, 1.165) is 17.7 Å². The Morgan fingerprint density at radius 2 is 1.78 bits per heavy atom. The van der Waals surface area contributed by atoms with Gasteiger partial charge in [0.05, 0.1) is 17.5 Å². The van der Waals surface area contributed by atoms with Crippen LogP contribution in [0.25, 0.3) is 0 Å². The first-order chi connectivity index (χ1) is 14.9. The fraction of sp³-hybridized carbons (Fsp3) is 0.435. The number of carbonyl (C=O) groups excluding carboxylic acids is 2. The minimum absolute atomic E-state index is 0.289. The third kappa shape index (κ3) is 5.38. The first kappa shape index (κ1) is 23.6. The molecule has 1 N–H and O–H groups in total. The molecule has 3 rings (SSSR count). The molecule has 0 radical (unpaired) electrons. The van der Waals surface area contributed by atoms with Gasteiger partial charge in [-0.1, -0.05) is 25.1 Å². The number of anilines is 1. The van der Waals surface area contributed by atoms with Crippen LogP contribution in [-0.2, 0) is 22.1 Å². The first-order valence-electron chi connectivity index (χ1n) is 10.3. The second kappa shape index (κ2) is 8.80. The van der Waals surface area contributed by atoms with Gasteiger partial charge in [0.1, 0.15) is 11.4 Å². The zero-order valence-electron chi connectivity index (χ0n) is 18.4. The van der Waals surface area contributed by atoms with Crippen LogP contribution in [0.2, 0.25) is 0 Å². The van der Waals surface area contributed by atoms with Crippen LogP contribution < -0.4 is 10.2 Å². The average Bonchev–Trinajstić information content (AvgIpc) is 3.13.